The van der Waals surface area contributed by atoms with Crippen molar-refractivity contribution >= 4 is 11.0 Å². The van der Waals surface area contributed by atoms with Gasteiger partial charge in [0.1, 0.15) is 11.3 Å². The summed E-state index contributed by atoms with van der Waals surface area (Å²) < 4.78 is 5.59. The van der Waals surface area contributed by atoms with E-state index in [-0.39, 0.29) is 0 Å². The third-order valence-corrected chi connectivity index (χ3v) is 2.25. The molecular formula is C11H12O. The summed E-state index contributed by atoms with van der Waals surface area (Å²) in [5.41, 5.74) is 2.34. The van der Waals surface area contributed by atoms with Crippen molar-refractivity contribution in [1.82, 2.24) is 0 Å². The standard InChI is InChI=1S/C11H12O/c1-3-9-8(2)12-11-7-5-4-6-10(9)11/h4-7H,3H2,1-2H3. The van der Waals surface area contributed by atoms with Crippen molar-refractivity contribution in [2.24, 2.45) is 0 Å². The zero-order valence-electron chi connectivity index (χ0n) is 7.42. The van der Waals surface area contributed by atoms with E-state index in [9.17, 15) is 0 Å². The van der Waals surface area contributed by atoms with Crippen LogP contribution in [0.2, 0.25) is 0 Å². The van der Waals surface area contributed by atoms with E-state index in [0.717, 1.165) is 17.8 Å². The predicted molar refractivity (Wildman–Crippen MR) is 50.3 cm³/mol. The molecule has 0 spiro atoms. The molecule has 12 heavy (non-hydrogen) atoms. The lowest BCUT2D eigenvalue weighted by Crippen LogP contribution is -1.78. The number of para-hydroxylation sites is 1. The van der Waals surface area contributed by atoms with Gasteiger partial charge in [0.2, 0.25) is 0 Å². The fourth-order valence-electron chi connectivity index (χ4n) is 1.66. The first-order valence-corrected chi connectivity index (χ1v) is 4.30. The molecule has 1 aromatic carbocycles. The molecule has 0 unspecified atom stereocenters. The van der Waals surface area contributed by atoms with Gasteiger partial charge in [-0.1, -0.05) is 25.1 Å². The van der Waals surface area contributed by atoms with Crippen molar-refractivity contribution in [2.45, 2.75) is 20.3 Å². The summed E-state index contributed by atoms with van der Waals surface area (Å²) in [5.74, 6) is 1.05. The molecule has 0 amide bonds. The van der Waals surface area contributed by atoms with E-state index in [2.05, 4.69) is 19.1 Å². The van der Waals surface area contributed by atoms with E-state index in [1.54, 1.807) is 0 Å². The van der Waals surface area contributed by atoms with Gasteiger partial charge in [0, 0.05) is 10.9 Å². The molecule has 0 fully saturated rings. The van der Waals surface area contributed by atoms with Crippen LogP contribution < -0.4 is 0 Å². The summed E-state index contributed by atoms with van der Waals surface area (Å²) in [6.07, 6.45) is 1.04. The summed E-state index contributed by atoms with van der Waals surface area (Å²) in [6, 6.07) is 8.19. The molecule has 0 aliphatic heterocycles. The van der Waals surface area contributed by atoms with Gasteiger partial charge in [0.15, 0.2) is 0 Å². The van der Waals surface area contributed by atoms with Gasteiger partial charge in [-0.2, -0.15) is 0 Å². The van der Waals surface area contributed by atoms with Crippen LogP contribution in [0.5, 0.6) is 0 Å². The highest BCUT2D eigenvalue weighted by molar-refractivity contribution is 5.82. The molecule has 0 aliphatic rings. The van der Waals surface area contributed by atoms with E-state index < -0.39 is 0 Å². The lowest BCUT2D eigenvalue weighted by molar-refractivity contribution is 0.573. The fourth-order valence-corrected chi connectivity index (χ4v) is 1.66. The maximum atomic E-state index is 5.59. The van der Waals surface area contributed by atoms with E-state index in [1.165, 1.54) is 10.9 Å². The largest absolute Gasteiger partial charge is 0.461 e. The van der Waals surface area contributed by atoms with Gasteiger partial charge >= 0.3 is 0 Å². The summed E-state index contributed by atoms with van der Waals surface area (Å²) in [4.78, 5) is 0. The lowest BCUT2D eigenvalue weighted by Gasteiger charge is -1.91. The second-order valence-corrected chi connectivity index (χ2v) is 2.99. The minimum absolute atomic E-state index is 1.01. The molecule has 0 aliphatic carbocycles. The van der Waals surface area contributed by atoms with Gasteiger partial charge in [0.25, 0.3) is 0 Å². The van der Waals surface area contributed by atoms with Crippen LogP contribution in [-0.4, -0.2) is 0 Å². The average Bonchev–Trinajstić information content (AvgIpc) is 2.40. The van der Waals surface area contributed by atoms with Gasteiger partial charge < -0.3 is 4.42 Å². The lowest BCUT2D eigenvalue weighted by atomic mass is 10.1. The molecule has 1 heterocycles. The molecule has 0 atom stereocenters. The topological polar surface area (TPSA) is 13.1 Å². The number of hydrogen-bond acceptors (Lipinski definition) is 1. The van der Waals surface area contributed by atoms with E-state index >= 15 is 0 Å². The van der Waals surface area contributed by atoms with Crippen molar-refractivity contribution in [3.8, 4) is 0 Å². The van der Waals surface area contributed by atoms with E-state index in [0.29, 0.717) is 0 Å². The Morgan fingerprint density at radius 3 is 2.75 bits per heavy atom. The van der Waals surface area contributed by atoms with Crippen LogP contribution in [-0.2, 0) is 6.42 Å². The van der Waals surface area contributed by atoms with Gasteiger partial charge in [-0.05, 0) is 19.4 Å². The molecule has 62 valence electrons. The number of fused-ring (bicyclic) bond motifs is 1. The zero-order valence-corrected chi connectivity index (χ0v) is 7.42. The van der Waals surface area contributed by atoms with E-state index in [4.69, 9.17) is 4.42 Å². The van der Waals surface area contributed by atoms with Crippen LogP contribution in [0.1, 0.15) is 18.2 Å². The summed E-state index contributed by atoms with van der Waals surface area (Å²) in [7, 11) is 0. The average molecular weight is 160 g/mol. The highest BCUT2D eigenvalue weighted by Crippen LogP contribution is 2.24. The normalized spacial score (nSPS) is 10.8. The van der Waals surface area contributed by atoms with Crippen molar-refractivity contribution in [3.63, 3.8) is 0 Å². The van der Waals surface area contributed by atoms with Crippen LogP contribution in [0.25, 0.3) is 11.0 Å². The third kappa shape index (κ3) is 0.934. The summed E-state index contributed by atoms with van der Waals surface area (Å²) in [5, 5.41) is 1.26. The predicted octanol–water partition coefficient (Wildman–Crippen LogP) is 3.30. The van der Waals surface area contributed by atoms with Crippen LogP contribution in [0, 0.1) is 6.92 Å². The molecule has 1 nitrogen and oxygen atoms in total. The number of benzene rings is 1. The maximum absolute atomic E-state index is 5.59. The Kier molecular flexibility index (Phi) is 1.65. The van der Waals surface area contributed by atoms with Gasteiger partial charge in [-0.15, -0.1) is 0 Å². The van der Waals surface area contributed by atoms with Gasteiger partial charge in [0.05, 0.1) is 0 Å². The molecule has 0 N–H and O–H groups in total. The van der Waals surface area contributed by atoms with Crippen molar-refractivity contribution in [1.29, 1.82) is 0 Å². The zero-order chi connectivity index (χ0) is 8.55. The van der Waals surface area contributed by atoms with Crippen molar-refractivity contribution < 1.29 is 4.42 Å². The van der Waals surface area contributed by atoms with Crippen LogP contribution in [0.3, 0.4) is 0 Å². The number of furan rings is 1. The molecule has 0 saturated carbocycles. The molecule has 0 saturated heterocycles. The van der Waals surface area contributed by atoms with E-state index in [1.807, 2.05) is 19.1 Å². The Bertz CT molecular complexity index is 398. The monoisotopic (exact) mass is 160 g/mol. The maximum Gasteiger partial charge on any atom is 0.134 e. The van der Waals surface area contributed by atoms with Gasteiger partial charge in [-0.25, -0.2) is 0 Å². The fraction of sp³-hybridized carbons (Fsp3) is 0.273. The first-order valence-electron chi connectivity index (χ1n) is 4.30. The second kappa shape index (κ2) is 2.67. The number of aryl methyl sites for hydroxylation is 2. The minimum Gasteiger partial charge on any atom is -0.461 e. The highest BCUT2D eigenvalue weighted by atomic mass is 16.3. The molecular weight excluding hydrogens is 148 g/mol. The Morgan fingerprint density at radius 2 is 2.00 bits per heavy atom. The third-order valence-electron chi connectivity index (χ3n) is 2.25. The molecule has 0 bridgehead atoms. The molecule has 1 heteroatoms. The van der Waals surface area contributed by atoms with Crippen LogP contribution in [0.15, 0.2) is 28.7 Å². The molecule has 2 rings (SSSR count). The smallest absolute Gasteiger partial charge is 0.134 e. The summed E-state index contributed by atoms with van der Waals surface area (Å²) >= 11 is 0. The Morgan fingerprint density at radius 1 is 1.25 bits per heavy atom. The number of rotatable bonds is 1. The van der Waals surface area contributed by atoms with Crippen LogP contribution >= 0.6 is 0 Å². The second-order valence-electron chi connectivity index (χ2n) is 2.99. The summed E-state index contributed by atoms with van der Waals surface area (Å²) in [6.45, 7) is 4.18. The quantitative estimate of drug-likeness (QED) is 0.623. The Hall–Kier alpha value is -1.24. The minimum atomic E-state index is 1.01. The Balaban J connectivity index is 2.81. The van der Waals surface area contributed by atoms with Crippen molar-refractivity contribution in [3.05, 3.63) is 35.6 Å². The number of hydrogen-bond donors (Lipinski definition) is 0. The SMILES string of the molecule is CCc1c(C)oc2ccccc12. The highest BCUT2D eigenvalue weighted by Gasteiger charge is 2.06. The first-order chi connectivity index (χ1) is 5.83. The molecule has 1 aromatic heterocycles. The first kappa shape index (κ1) is 7.41. The van der Waals surface area contributed by atoms with Gasteiger partial charge in [-0.3, -0.25) is 0 Å². The molecule has 2 aromatic rings. The van der Waals surface area contributed by atoms with Crippen LogP contribution in [0.4, 0.5) is 0 Å². The molecule has 0 radical (unpaired) electrons. The Labute approximate surface area is 72.0 Å². The van der Waals surface area contributed by atoms with Crippen molar-refractivity contribution in [2.75, 3.05) is 0 Å².